The molecule has 33 heavy (non-hydrogen) atoms. The second-order valence-corrected chi connectivity index (χ2v) is 9.37. The molecule has 5 rings (SSSR count). The minimum Gasteiger partial charge on any atom is -0.272 e. The van der Waals surface area contributed by atoms with Crippen LogP contribution < -0.4 is 0 Å². The third kappa shape index (κ3) is 4.54. The number of hydrogen-bond acceptors (Lipinski definition) is 5. The molecule has 2 heterocycles. The zero-order valence-corrected chi connectivity index (χ0v) is 19.4. The molecule has 0 radical (unpaired) electrons. The van der Waals surface area contributed by atoms with Crippen molar-refractivity contribution in [2.75, 3.05) is 5.75 Å². The fourth-order valence-corrected chi connectivity index (χ4v) is 4.65. The summed E-state index contributed by atoms with van der Waals surface area (Å²) in [5.74, 6) is 1.26. The minimum atomic E-state index is -0.126. The number of H-pyrrole nitrogens is 1. The molecule has 1 aliphatic rings. The first-order valence-electron chi connectivity index (χ1n) is 11.1. The van der Waals surface area contributed by atoms with Gasteiger partial charge < -0.3 is 0 Å². The zero-order valence-electron chi connectivity index (χ0n) is 18.6. The van der Waals surface area contributed by atoms with Crippen molar-refractivity contribution in [1.82, 2.24) is 20.2 Å². The predicted molar refractivity (Wildman–Crippen MR) is 132 cm³/mol. The van der Waals surface area contributed by atoms with Crippen molar-refractivity contribution in [3.63, 3.8) is 0 Å². The maximum Gasteiger partial charge on any atom is 0.253 e. The number of benzene rings is 3. The molecule has 6 nitrogen and oxygen atoms in total. The van der Waals surface area contributed by atoms with Crippen molar-refractivity contribution in [3.05, 3.63) is 89.7 Å². The quantitative estimate of drug-likeness (QED) is 0.387. The van der Waals surface area contributed by atoms with E-state index in [1.807, 2.05) is 30.3 Å². The summed E-state index contributed by atoms with van der Waals surface area (Å²) < 4.78 is 0. The second kappa shape index (κ2) is 9.19. The van der Waals surface area contributed by atoms with E-state index in [2.05, 4.69) is 71.5 Å². The van der Waals surface area contributed by atoms with Gasteiger partial charge in [0.2, 0.25) is 5.16 Å². The highest BCUT2D eigenvalue weighted by Crippen LogP contribution is 2.34. The Balaban J connectivity index is 1.40. The van der Waals surface area contributed by atoms with Crippen LogP contribution in [0, 0.1) is 0 Å². The number of nitrogens with zero attached hydrogens (tertiary/aromatic N) is 4. The normalized spacial score (nSPS) is 15.9. The third-order valence-corrected chi connectivity index (χ3v) is 6.62. The molecule has 3 aromatic carbocycles. The maximum absolute atomic E-state index is 13.3. The highest BCUT2D eigenvalue weighted by Gasteiger charge is 2.33. The van der Waals surface area contributed by atoms with E-state index in [0.29, 0.717) is 11.6 Å². The topological polar surface area (TPSA) is 74.2 Å². The largest absolute Gasteiger partial charge is 0.272 e. The number of hydrazone groups is 1. The van der Waals surface area contributed by atoms with E-state index in [1.54, 1.807) is 5.01 Å². The van der Waals surface area contributed by atoms with E-state index in [4.69, 9.17) is 5.10 Å². The molecule has 166 valence electrons. The number of rotatable bonds is 6. The number of carbonyl (C=O) groups excluding carboxylic acids is 1. The average Bonchev–Trinajstić information content (AvgIpc) is 3.51. The number of fused-ring (bicyclic) bond motifs is 1. The molecule has 0 spiro atoms. The molecule has 1 amide bonds. The molecular weight excluding hydrogens is 430 g/mol. The SMILES string of the molecule is CC(C)c1nc(SCC(=O)N2N=C(c3ccc4ccccc4c3)C[C@H]2c2ccccc2)n[nH]1. The molecule has 0 saturated carbocycles. The Morgan fingerprint density at radius 2 is 1.82 bits per heavy atom. The van der Waals surface area contributed by atoms with Gasteiger partial charge in [-0.15, -0.1) is 5.10 Å². The van der Waals surface area contributed by atoms with Gasteiger partial charge in [0, 0.05) is 12.3 Å². The van der Waals surface area contributed by atoms with Crippen LogP contribution in [0.1, 0.15) is 49.2 Å². The van der Waals surface area contributed by atoms with E-state index in [0.717, 1.165) is 22.7 Å². The van der Waals surface area contributed by atoms with Crippen LogP contribution in [0.3, 0.4) is 0 Å². The first kappa shape index (κ1) is 21.4. The Morgan fingerprint density at radius 3 is 2.58 bits per heavy atom. The zero-order chi connectivity index (χ0) is 22.8. The molecule has 0 bridgehead atoms. The lowest BCUT2D eigenvalue weighted by molar-refractivity contribution is -0.130. The molecular formula is C26H25N5OS. The van der Waals surface area contributed by atoms with Crippen molar-refractivity contribution >= 4 is 34.2 Å². The van der Waals surface area contributed by atoms with Crippen molar-refractivity contribution < 1.29 is 4.79 Å². The second-order valence-electron chi connectivity index (χ2n) is 8.42. The monoisotopic (exact) mass is 455 g/mol. The van der Waals surface area contributed by atoms with E-state index in [1.165, 1.54) is 22.5 Å². The van der Waals surface area contributed by atoms with Crippen LogP contribution >= 0.6 is 11.8 Å². The number of hydrogen-bond donors (Lipinski definition) is 1. The lowest BCUT2D eigenvalue weighted by atomic mass is 9.97. The van der Waals surface area contributed by atoms with E-state index >= 15 is 0 Å². The summed E-state index contributed by atoms with van der Waals surface area (Å²) >= 11 is 1.34. The molecule has 1 aromatic heterocycles. The van der Waals surface area contributed by atoms with Crippen LogP contribution in [-0.2, 0) is 4.79 Å². The van der Waals surface area contributed by atoms with Gasteiger partial charge in [-0.3, -0.25) is 9.89 Å². The van der Waals surface area contributed by atoms with Crippen LogP contribution in [0.15, 0.2) is 83.1 Å². The number of thioether (sulfide) groups is 1. The smallest absolute Gasteiger partial charge is 0.253 e. The first-order valence-corrected chi connectivity index (χ1v) is 12.1. The number of aromatic amines is 1. The molecule has 1 N–H and O–H groups in total. The lowest BCUT2D eigenvalue weighted by Gasteiger charge is -2.21. The molecule has 0 saturated heterocycles. The highest BCUT2D eigenvalue weighted by molar-refractivity contribution is 7.99. The van der Waals surface area contributed by atoms with Gasteiger partial charge in [-0.25, -0.2) is 9.99 Å². The Labute approximate surface area is 197 Å². The van der Waals surface area contributed by atoms with Crippen molar-refractivity contribution in [1.29, 1.82) is 0 Å². The summed E-state index contributed by atoms with van der Waals surface area (Å²) in [4.78, 5) is 17.7. The van der Waals surface area contributed by atoms with Gasteiger partial charge in [-0.1, -0.05) is 92.3 Å². The molecule has 1 aliphatic heterocycles. The summed E-state index contributed by atoms with van der Waals surface area (Å²) in [6.45, 7) is 4.11. The average molecular weight is 456 g/mol. The fraction of sp³-hybridized carbons (Fsp3) is 0.231. The maximum atomic E-state index is 13.3. The van der Waals surface area contributed by atoms with Crippen LogP contribution in [-0.4, -0.2) is 37.6 Å². The van der Waals surface area contributed by atoms with Gasteiger partial charge in [0.25, 0.3) is 5.91 Å². The van der Waals surface area contributed by atoms with Crippen LogP contribution in [0.25, 0.3) is 10.8 Å². The van der Waals surface area contributed by atoms with Crippen molar-refractivity contribution in [2.45, 2.75) is 37.4 Å². The van der Waals surface area contributed by atoms with Crippen LogP contribution in [0.4, 0.5) is 0 Å². The van der Waals surface area contributed by atoms with Gasteiger partial charge in [0.05, 0.1) is 17.5 Å². The van der Waals surface area contributed by atoms with E-state index in [9.17, 15) is 4.79 Å². The van der Waals surface area contributed by atoms with E-state index in [-0.39, 0.29) is 23.6 Å². The van der Waals surface area contributed by atoms with Gasteiger partial charge >= 0.3 is 0 Å². The summed E-state index contributed by atoms with van der Waals surface area (Å²) in [5.41, 5.74) is 3.05. The van der Waals surface area contributed by atoms with E-state index < -0.39 is 0 Å². The number of carbonyl (C=O) groups is 1. The Hall–Kier alpha value is -3.45. The summed E-state index contributed by atoms with van der Waals surface area (Å²) in [6.07, 6.45) is 0.677. The fourth-order valence-electron chi connectivity index (χ4n) is 3.99. The molecule has 0 unspecified atom stereocenters. The Morgan fingerprint density at radius 1 is 1.06 bits per heavy atom. The highest BCUT2D eigenvalue weighted by atomic mass is 32.2. The third-order valence-electron chi connectivity index (χ3n) is 5.79. The van der Waals surface area contributed by atoms with Crippen LogP contribution in [0.2, 0.25) is 0 Å². The van der Waals surface area contributed by atoms with Gasteiger partial charge in [0.15, 0.2) is 0 Å². The van der Waals surface area contributed by atoms with Gasteiger partial charge in [-0.2, -0.15) is 5.10 Å². The van der Waals surface area contributed by atoms with Crippen molar-refractivity contribution in [3.8, 4) is 0 Å². The first-order chi connectivity index (χ1) is 16.1. The Bertz CT molecular complexity index is 1310. The molecule has 1 atom stereocenters. The number of nitrogens with one attached hydrogen (secondary N) is 1. The summed E-state index contributed by atoms with van der Waals surface area (Å²) in [7, 11) is 0. The summed E-state index contributed by atoms with van der Waals surface area (Å²) in [6, 6.07) is 24.6. The minimum absolute atomic E-state index is 0.0551. The summed E-state index contributed by atoms with van der Waals surface area (Å²) in [5, 5.41) is 16.6. The lowest BCUT2D eigenvalue weighted by Crippen LogP contribution is -2.28. The molecule has 7 heteroatoms. The Kier molecular flexibility index (Phi) is 5.96. The predicted octanol–water partition coefficient (Wildman–Crippen LogP) is 5.55. The standard InChI is InChI=1S/C26H25N5OS/c1-17(2)25-27-26(29-28-25)33-16-24(32)31-23(19-9-4-3-5-10-19)15-22(30-31)21-13-12-18-8-6-7-11-20(18)14-21/h3-14,17,23H,15-16H2,1-2H3,(H,27,28,29)/t23-/m0/s1. The number of amides is 1. The van der Waals surface area contributed by atoms with Gasteiger partial charge in [-0.05, 0) is 28.0 Å². The molecule has 4 aromatic rings. The van der Waals surface area contributed by atoms with Crippen LogP contribution in [0.5, 0.6) is 0 Å². The molecule has 0 fully saturated rings. The molecule has 0 aliphatic carbocycles. The van der Waals surface area contributed by atoms with Gasteiger partial charge in [0.1, 0.15) is 5.82 Å². The number of aromatic nitrogens is 3. The van der Waals surface area contributed by atoms with Crippen molar-refractivity contribution in [2.24, 2.45) is 5.10 Å².